The lowest BCUT2D eigenvalue weighted by atomic mass is 9.79. The normalized spacial score (nSPS) is 26.2. The van der Waals surface area contributed by atoms with Crippen molar-refractivity contribution in [2.24, 2.45) is 10.4 Å². The summed E-state index contributed by atoms with van der Waals surface area (Å²) >= 11 is 0. The van der Waals surface area contributed by atoms with Crippen molar-refractivity contribution >= 4 is 26.2 Å². The topological polar surface area (TPSA) is 77.0 Å². The molecule has 2 atom stereocenters. The van der Waals surface area contributed by atoms with Crippen LogP contribution in [0.3, 0.4) is 0 Å². The van der Waals surface area contributed by atoms with Crippen LogP contribution in [-0.4, -0.2) is 65.3 Å². The zero-order valence-electron chi connectivity index (χ0n) is 15.8. The van der Waals surface area contributed by atoms with Crippen molar-refractivity contribution in [3.63, 3.8) is 0 Å². The molecule has 8 heteroatoms. The Hall–Kier alpha value is -2.14. The zero-order chi connectivity index (χ0) is 19.2. The molecule has 2 unspecified atom stereocenters. The number of amidine groups is 1. The largest absolute Gasteiger partial charge is 0.369 e. The van der Waals surface area contributed by atoms with Gasteiger partial charge in [0.15, 0.2) is 0 Å². The van der Waals surface area contributed by atoms with E-state index in [1.54, 1.807) is 6.20 Å². The number of carbonyl (C=O) groups excluding carboxylic acids is 2. The number of rotatable bonds is 4. The van der Waals surface area contributed by atoms with Crippen LogP contribution in [0, 0.1) is 5.41 Å². The molecule has 4 aliphatic rings. The molecule has 27 heavy (non-hydrogen) atoms. The first-order valence-electron chi connectivity index (χ1n) is 9.39. The van der Waals surface area contributed by atoms with Crippen molar-refractivity contribution in [1.82, 2.24) is 20.4 Å². The van der Waals surface area contributed by atoms with Crippen LogP contribution in [0.2, 0.25) is 0 Å². The number of fused-ring (bicyclic) bond motifs is 1. The van der Waals surface area contributed by atoms with Crippen molar-refractivity contribution in [3.05, 3.63) is 36.1 Å². The molecule has 144 valence electrons. The molecule has 0 aromatic carbocycles. The molecule has 0 saturated carbocycles. The number of hydrogen-bond acceptors (Lipinski definition) is 5. The minimum absolute atomic E-state index is 0.0167. The second-order valence-electron chi connectivity index (χ2n) is 8.05. The predicted octanol–water partition coefficient (Wildman–Crippen LogP) is 0.977. The van der Waals surface area contributed by atoms with Gasteiger partial charge in [-0.05, 0) is 26.3 Å². The summed E-state index contributed by atoms with van der Waals surface area (Å²) in [7, 11) is 0.489. The zero-order valence-corrected chi connectivity index (χ0v) is 16.8. The van der Waals surface area contributed by atoms with Crippen LogP contribution in [0.1, 0.15) is 20.3 Å². The van der Waals surface area contributed by atoms with Crippen LogP contribution in [0.25, 0.3) is 0 Å². The summed E-state index contributed by atoms with van der Waals surface area (Å²) in [6.07, 6.45) is 6.22. The molecule has 0 bridgehead atoms. The molecular weight excluding hydrogens is 361 g/mol. The Kier molecular flexibility index (Phi) is 4.58. The highest BCUT2D eigenvalue weighted by atomic mass is 31.1. The molecule has 4 heterocycles. The van der Waals surface area contributed by atoms with Gasteiger partial charge in [-0.1, -0.05) is 15.2 Å². The molecule has 2 N–H and O–H groups in total. The van der Waals surface area contributed by atoms with E-state index in [0.717, 1.165) is 44.0 Å². The van der Waals surface area contributed by atoms with Gasteiger partial charge in [-0.25, -0.2) is 4.99 Å². The summed E-state index contributed by atoms with van der Waals surface area (Å²) in [5, 5.41) is 6.13. The third kappa shape index (κ3) is 3.29. The first kappa shape index (κ1) is 18.2. The van der Waals surface area contributed by atoms with Crippen molar-refractivity contribution in [2.45, 2.75) is 32.0 Å². The van der Waals surface area contributed by atoms with Crippen LogP contribution in [0.5, 0.6) is 0 Å². The Bertz CT molecular complexity index is 779. The van der Waals surface area contributed by atoms with Crippen LogP contribution >= 0.6 is 8.58 Å². The van der Waals surface area contributed by atoms with E-state index in [4.69, 9.17) is 0 Å². The summed E-state index contributed by atoms with van der Waals surface area (Å²) in [5.41, 5.74) is 2.21. The van der Waals surface area contributed by atoms with Gasteiger partial charge in [0.1, 0.15) is 5.84 Å². The highest BCUT2D eigenvalue weighted by molar-refractivity contribution is 7.45. The predicted molar refractivity (Wildman–Crippen MR) is 108 cm³/mol. The fourth-order valence-electron chi connectivity index (χ4n) is 4.20. The smallest absolute Gasteiger partial charge is 0.249 e. The van der Waals surface area contributed by atoms with E-state index in [1.807, 2.05) is 24.9 Å². The summed E-state index contributed by atoms with van der Waals surface area (Å²) < 4.78 is 0. The summed E-state index contributed by atoms with van der Waals surface area (Å²) in [5.74, 6) is 0.873. The number of aliphatic imine (C=N–C) groups is 1. The summed E-state index contributed by atoms with van der Waals surface area (Å²) in [6.45, 7) is 11.1. The van der Waals surface area contributed by atoms with Crippen molar-refractivity contribution in [3.8, 4) is 0 Å². The maximum Gasteiger partial charge on any atom is 0.249 e. The van der Waals surface area contributed by atoms with Crippen molar-refractivity contribution < 1.29 is 9.59 Å². The average Bonchev–Trinajstić information content (AvgIpc) is 3.23. The molecule has 0 aromatic rings. The van der Waals surface area contributed by atoms with Gasteiger partial charge in [-0.3, -0.25) is 9.59 Å². The lowest BCUT2D eigenvalue weighted by Crippen LogP contribution is -2.59. The third-order valence-corrected chi connectivity index (χ3v) is 7.19. The second-order valence-corrected chi connectivity index (χ2v) is 9.43. The quantitative estimate of drug-likeness (QED) is 0.557. The van der Waals surface area contributed by atoms with E-state index in [1.165, 1.54) is 11.5 Å². The van der Waals surface area contributed by atoms with E-state index < -0.39 is 0 Å². The van der Waals surface area contributed by atoms with Gasteiger partial charge in [0.25, 0.3) is 0 Å². The van der Waals surface area contributed by atoms with Crippen LogP contribution in [0.4, 0.5) is 0 Å². The fraction of sp³-hybridized carbons (Fsp3) is 0.526. The van der Waals surface area contributed by atoms with E-state index in [0.29, 0.717) is 8.58 Å². The lowest BCUT2D eigenvalue weighted by Gasteiger charge is -2.47. The monoisotopic (exact) mass is 387 g/mol. The first-order valence-corrected chi connectivity index (χ1v) is 10.5. The summed E-state index contributed by atoms with van der Waals surface area (Å²) in [6, 6.07) is 0.111. The number of amides is 2. The molecule has 0 radical (unpaired) electrons. The number of hydrogen-bond donors (Lipinski definition) is 2. The molecule has 2 amide bonds. The SMILES string of the molecule is C=CC(=O)N1CC2(CCN(C3=CN=C4NC=C(C(=O)NC(C)C)C4P3)C2)C1. The molecule has 2 fully saturated rings. The van der Waals surface area contributed by atoms with E-state index in [2.05, 4.69) is 27.1 Å². The number of nitrogens with one attached hydrogen (secondary N) is 2. The standard InChI is InChI=1S/C19H26N5O2P/c1-4-14(25)24-10-19(11-24)5-6-23(9-19)15-8-21-17-16(27-15)13(7-20-17)18(26)22-12(2)3/h4,7-8,12,16,27H,1,5-6,9-11H2,2-3H3,(H,20,21)(H,22,26). The summed E-state index contributed by atoms with van der Waals surface area (Å²) in [4.78, 5) is 33.0. The average molecular weight is 387 g/mol. The molecule has 0 aliphatic carbocycles. The second kappa shape index (κ2) is 6.79. The van der Waals surface area contributed by atoms with Crippen molar-refractivity contribution in [1.29, 1.82) is 0 Å². The van der Waals surface area contributed by atoms with Gasteiger partial charge in [-0.2, -0.15) is 0 Å². The van der Waals surface area contributed by atoms with Gasteiger partial charge in [0.05, 0.1) is 17.3 Å². The van der Waals surface area contributed by atoms with Gasteiger partial charge in [-0.15, -0.1) is 0 Å². The van der Waals surface area contributed by atoms with E-state index >= 15 is 0 Å². The van der Waals surface area contributed by atoms with Gasteiger partial charge in [0.2, 0.25) is 11.8 Å². The Labute approximate surface area is 161 Å². The Balaban J connectivity index is 1.39. The van der Waals surface area contributed by atoms with Crippen LogP contribution in [0.15, 0.2) is 41.1 Å². The van der Waals surface area contributed by atoms with Gasteiger partial charge < -0.3 is 20.4 Å². The minimum atomic E-state index is -0.0167. The van der Waals surface area contributed by atoms with Crippen LogP contribution < -0.4 is 10.6 Å². The molecule has 0 aromatic heterocycles. The van der Waals surface area contributed by atoms with Crippen LogP contribution in [-0.2, 0) is 9.59 Å². The maximum atomic E-state index is 12.5. The Morgan fingerprint density at radius 3 is 2.93 bits per heavy atom. The number of likely N-dealkylation sites (tertiary alicyclic amines) is 2. The Morgan fingerprint density at radius 1 is 1.44 bits per heavy atom. The van der Waals surface area contributed by atoms with E-state index in [9.17, 15) is 9.59 Å². The molecular formula is C19H26N5O2P. The highest BCUT2D eigenvalue weighted by Gasteiger charge is 2.49. The fourth-order valence-corrected chi connectivity index (χ4v) is 5.67. The Morgan fingerprint density at radius 2 is 2.22 bits per heavy atom. The molecule has 4 rings (SSSR count). The van der Waals surface area contributed by atoms with E-state index in [-0.39, 0.29) is 28.9 Å². The van der Waals surface area contributed by atoms with Gasteiger partial charge in [0, 0.05) is 49.4 Å². The first-order chi connectivity index (χ1) is 12.9. The number of carbonyl (C=O) groups is 2. The van der Waals surface area contributed by atoms with Crippen molar-refractivity contribution in [2.75, 3.05) is 26.2 Å². The molecule has 4 aliphatic heterocycles. The molecule has 1 spiro atoms. The molecule has 7 nitrogen and oxygen atoms in total. The lowest BCUT2D eigenvalue weighted by molar-refractivity contribution is -0.137. The number of nitrogens with zero attached hydrogens (tertiary/aromatic N) is 3. The highest BCUT2D eigenvalue weighted by Crippen LogP contribution is 2.47. The third-order valence-electron chi connectivity index (χ3n) is 5.58. The van der Waals surface area contributed by atoms with Gasteiger partial charge >= 0.3 is 0 Å². The molecule has 2 saturated heterocycles. The maximum absolute atomic E-state index is 12.5. The minimum Gasteiger partial charge on any atom is -0.369 e.